The van der Waals surface area contributed by atoms with E-state index in [1.54, 1.807) is 6.26 Å². The topological polar surface area (TPSA) is 110 Å². The number of carbonyl (C=O) groups is 2. The highest BCUT2D eigenvalue weighted by Crippen LogP contribution is 2.37. The van der Waals surface area contributed by atoms with Crippen LogP contribution in [0.3, 0.4) is 0 Å². The largest absolute Gasteiger partial charge is 0.480 e. The summed E-state index contributed by atoms with van der Waals surface area (Å²) in [6.07, 6.45) is 1.96. The number of benzene rings is 3. The van der Waals surface area contributed by atoms with Crippen LogP contribution in [0.5, 0.6) is 0 Å². The van der Waals surface area contributed by atoms with Crippen LogP contribution >= 0.6 is 0 Å². The zero-order valence-corrected chi connectivity index (χ0v) is 21.1. The van der Waals surface area contributed by atoms with Gasteiger partial charge in [-0.2, -0.15) is 0 Å². The van der Waals surface area contributed by atoms with Crippen molar-refractivity contribution < 1.29 is 23.5 Å². The third kappa shape index (κ3) is 4.83. The number of fused-ring (bicyclic) bond motifs is 2. The highest BCUT2D eigenvalue weighted by atomic mass is 16.4. The molecule has 5 aromatic rings. The lowest BCUT2D eigenvalue weighted by atomic mass is 9.96. The van der Waals surface area contributed by atoms with E-state index in [0.29, 0.717) is 16.7 Å². The molecule has 38 heavy (non-hydrogen) atoms. The lowest BCUT2D eigenvalue weighted by Crippen LogP contribution is -2.42. The van der Waals surface area contributed by atoms with Crippen LogP contribution < -0.4 is 10.9 Å². The van der Waals surface area contributed by atoms with Crippen molar-refractivity contribution in [3.8, 4) is 11.1 Å². The monoisotopic (exact) mass is 509 g/mol. The minimum absolute atomic E-state index is 0.0438. The first-order valence-electron chi connectivity index (χ1n) is 12.4. The van der Waals surface area contributed by atoms with E-state index in [9.17, 15) is 19.5 Å². The van der Waals surface area contributed by atoms with Crippen LogP contribution in [-0.2, 0) is 22.4 Å². The predicted molar refractivity (Wildman–Crippen MR) is 145 cm³/mol. The molecular formula is C31H27NO6. The van der Waals surface area contributed by atoms with Gasteiger partial charge in [0.25, 0.3) is 0 Å². The summed E-state index contributed by atoms with van der Waals surface area (Å²) in [5, 5.41) is 13.9. The van der Waals surface area contributed by atoms with Crippen LogP contribution in [0.1, 0.15) is 28.7 Å². The van der Waals surface area contributed by atoms with E-state index in [-0.39, 0.29) is 19.3 Å². The number of carboxylic acids is 1. The molecule has 192 valence electrons. The number of hydrogen-bond acceptors (Lipinski definition) is 5. The van der Waals surface area contributed by atoms with Crippen LogP contribution in [0.4, 0.5) is 0 Å². The van der Waals surface area contributed by atoms with Crippen LogP contribution in [0, 0.1) is 13.8 Å². The molecule has 0 fully saturated rings. The quantitative estimate of drug-likeness (QED) is 0.265. The number of carbonyl (C=O) groups excluding carboxylic acids is 1. The van der Waals surface area contributed by atoms with Gasteiger partial charge in [-0.25, -0.2) is 9.59 Å². The molecule has 0 saturated heterocycles. The van der Waals surface area contributed by atoms with Crippen molar-refractivity contribution in [3.05, 3.63) is 106 Å². The zero-order chi connectivity index (χ0) is 26.8. The molecule has 2 heterocycles. The fraction of sp³-hybridized carbons (Fsp3) is 0.194. The highest BCUT2D eigenvalue weighted by molar-refractivity contribution is 6.05. The second-order valence-corrected chi connectivity index (χ2v) is 9.41. The number of carboxylic acid groups (broad SMARTS) is 1. The standard InChI is InChI=1S/C31H27NO6/c1-18-22(13-14-27(33)32-26(30(34)35)15-20-9-5-3-6-10-20)31(36)38-29-19(2)28-24(16-23(18)29)25(17-37-28)21-11-7-4-8-12-21/h3-12,16-17,26H,13-15H2,1-2H3,(H,32,33)(H,34,35). The molecular weight excluding hydrogens is 482 g/mol. The number of rotatable bonds is 8. The van der Waals surface area contributed by atoms with Gasteiger partial charge in [0.1, 0.15) is 17.2 Å². The first-order valence-corrected chi connectivity index (χ1v) is 12.4. The number of hydrogen-bond donors (Lipinski definition) is 2. The maximum absolute atomic E-state index is 12.9. The molecule has 0 bridgehead atoms. The average molecular weight is 510 g/mol. The number of furan rings is 1. The Morgan fingerprint density at radius 2 is 1.61 bits per heavy atom. The molecule has 1 atom stereocenters. The summed E-state index contributed by atoms with van der Waals surface area (Å²) < 4.78 is 11.6. The first kappa shape index (κ1) is 25.0. The van der Waals surface area contributed by atoms with Gasteiger partial charge in [0.2, 0.25) is 5.91 Å². The number of aliphatic carboxylic acids is 1. The van der Waals surface area contributed by atoms with Gasteiger partial charge in [-0.05, 0) is 43.0 Å². The third-order valence-electron chi connectivity index (χ3n) is 6.94. The van der Waals surface area contributed by atoms with Crippen molar-refractivity contribution in [2.75, 3.05) is 0 Å². The van der Waals surface area contributed by atoms with Crippen molar-refractivity contribution in [1.82, 2.24) is 5.32 Å². The smallest absolute Gasteiger partial charge is 0.339 e. The maximum atomic E-state index is 12.9. The number of nitrogens with one attached hydrogen (secondary N) is 1. The van der Waals surface area contributed by atoms with Crippen LogP contribution in [0.25, 0.3) is 33.1 Å². The molecule has 2 aromatic heterocycles. The second kappa shape index (κ2) is 10.4. The summed E-state index contributed by atoms with van der Waals surface area (Å²) in [6.45, 7) is 3.70. The molecule has 0 aliphatic heterocycles. The van der Waals surface area contributed by atoms with E-state index in [4.69, 9.17) is 8.83 Å². The van der Waals surface area contributed by atoms with Crippen molar-refractivity contribution in [3.63, 3.8) is 0 Å². The maximum Gasteiger partial charge on any atom is 0.339 e. The minimum atomic E-state index is -1.11. The molecule has 1 amide bonds. The molecule has 0 aliphatic carbocycles. The van der Waals surface area contributed by atoms with Gasteiger partial charge in [0.05, 0.1) is 6.26 Å². The van der Waals surface area contributed by atoms with Gasteiger partial charge >= 0.3 is 11.6 Å². The van der Waals surface area contributed by atoms with Crippen molar-refractivity contribution in [1.29, 1.82) is 0 Å². The zero-order valence-electron chi connectivity index (χ0n) is 21.1. The average Bonchev–Trinajstić information content (AvgIpc) is 3.34. The van der Waals surface area contributed by atoms with E-state index < -0.39 is 23.5 Å². The Hall–Kier alpha value is -4.65. The summed E-state index contributed by atoms with van der Waals surface area (Å²) >= 11 is 0. The van der Waals surface area contributed by atoms with Gasteiger partial charge in [0.15, 0.2) is 0 Å². The summed E-state index contributed by atoms with van der Waals surface area (Å²) in [5.41, 5.74) is 5.21. The molecule has 0 radical (unpaired) electrons. The Morgan fingerprint density at radius 1 is 0.921 bits per heavy atom. The van der Waals surface area contributed by atoms with Gasteiger partial charge < -0.3 is 19.3 Å². The van der Waals surface area contributed by atoms with E-state index >= 15 is 0 Å². The van der Waals surface area contributed by atoms with E-state index in [0.717, 1.165) is 38.6 Å². The van der Waals surface area contributed by atoms with E-state index in [1.165, 1.54) is 0 Å². The number of aryl methyl sites for hydroxylation is 2. The molecule has 0 saturated carbocycles. The highest BCUT2D eigenvalue weighted by Gasteiger charge is 2.22. The van der Waals surface area contributed by atoms with Crippen molar-refractivity contribution in [2.45, 2.75) is 39.2 Å². The molecule has 7 nitrogen and oxygen atoms in total. The minimum Gasteiger partial charge on any atom is -0.480 e. The summed E-state index contributed by atoms with van der Waals surface area (Å²) in [6, 6.07) is 19.9. The second-order valence-electron chi connectivity index (χ2n) is 9.41. The molecule has 1 unspecified atom stereocenters. The lowest BCUT2D eigenvalue weighted by molar-refractivity contribution is -0.141. The third-order valence-corrected chi connectivity index (χ3v) is 6.94. The predicted octanol–water partition coefficient (Wildman–Crippen LogP) is 5.57. The van der Waals surface area contributed by atoms with Crippen molar-refractivity contribution in [2.24, 2.45) is 0 Å². The fourth-order valence-electron chi connectivity index (χ4n) is 4.88. The Bertz CT molecular complexity index is 1700. The summed E-state index contributed by atoms with van der Waals surface area (Å²) in [5.74, 6) is -1.56. The van der Waals surface area contributed by atoms with Gasteiger partial charge in [-0.3, -0.25) is 4.79 Å². The number of amides is 1. The SMILES string of the molecule is Cc1c(CCC(=O)NC(Cc2ccccc2)C(=O)O)c(=O)oc2c(C)c3occ(-c4ccccc4)c3cc12. The Balaban J connectivity index is 1.42. The molecule has 5 rings (SSSR count). The van der Waals surface area contributed by atoms with Gasteiger partial charge in [-0.15, -0.1) is 0 Å². The molecule has 2 N–H and O–H groups in total. The summed E-state index contributed by atoms with van der Waals surface area (Å²) in [4.78, 5) is 37.3. The Kier molecular flexibility index (Phi) is 6.83. The van der Waals surface area contributed by atoms with Crippen LogP contribution in [0.2, 0.25) is 0 Å². The molecule has 3 aromatic carbocycles. The Labute approximate surface area is 218 Å². The summed E-state index contributed by atoms with van der Waals surface area (Å²) in [7, 11) is 0. The molecule has 0 spiro atoms. The molecule has 0 aliphatic rings. The first-order chi connectivity index (χ1) is 18.3. The van der Waals surface area contributed by atoms with Gasteiger partial charge in [-0.1, -0.05) is 60.7 Å². The normalized spacial score (nSPS) is 12.1. The van der Waals surface area contributed by atoms with Crippen LogP contribution in [0.15, 0.2) is 86.6 Å². The van der Waals surface area contributed by atoms with Gasteiger partial charge in [0, 0.05) is 40.3 Å². The fourth-order valence-corrected chi connectivity index (χ4v) is 4.88. The molecule has 7 heteroatoms. The van der Waals surface area contributed by atoms with E-state index in [1.807, 2.05) is 80.6 Å². The lowest BCUT2D eigenvalue weighted by Gasteiger charge is -2.15. The Morgan fingerprint density at radius 3 is 2.29 bits per heavy atom. The van der Waals surface area contributed by atoms with Crippen LogP contribution in [-0.4, -0.2) is 23.0 Å². The van der Waals surface area contributed by atoms with Crippen molar-refractivity contribution >= 4 is 33.8 Å². The van der Waals surface area contributed by atoms with E-state index in [2.05, 4.69) is 5.32 Å².